The van der Waals surface area contributed by atoms with Crippen molar-refractivity contribution in [3.05, 3.63) is 64.1 Å². The first-order valence-corrected chi connectivity index (χ1v) is 9.53. The number of hydrogen-bond acceptors (Lipinski definition) is 6. The Kier molecular flexibility index (Phi) is 5.64. The van der Waals surface area contributed by atoms with Crippen LogP contribution in [0.1, 0.15) is 12.8 Å². The van der Waals surface area contributed by atoms with Crippen molar-refractivity contribution >= 4 is 11.6 Å². The maximum Gasteiger partial charge on any atom is 0.444 e. The fourth-order valence-electron chi connectivity index (χ4n) is 3.03. The van der Waals surface area contributed by atoms with Crippen molar-refractivity contribution in [2.75, 3.05) is 19.7 Å². The lowest BCUT2D eigenvalue weighted by atomic mass is 10.0. The van der Waals surface area contributed by atoms with E-state index < -0.39 is 5.76 Å². The molecule has 7 nitrogen and oxygen atoms in total. The number of rotatable bonds is 6. The summed E-state index contributed by atoms with van der Waals surface area (Å²) in [5.74, 6) is 1.12. The van der Waals surface area contributed by atoms with E-state index in [9.17, 15) is 4.79 Å². The molecule has 2 heterocycles. The van der Waals surface area contributed by atoms with Crippen molar-refractivity contribution in [3.63, 3.8) is 0 Å². The molecular weight excluding hydrogens is 382 g/mol. The molecule has 2 aromatic carbocycles. The molecule has 1 aliphatic rings. The molecule has 1 N–H and O–H groups in total. The predicted octanol–water partition coefficient (Wildman–Crippen LogP) is 3.65. The topological polar surface area (TPSA) is 78.5 Å². The molecule has 0 radical (unpaired) electrons. The Morgan fingerprint density at radius 2 is 1.89 bits per heavy atom. The quantitative estimate of drug-likeness (QED) is 0.679. The number of piperidine rings is 1. The Morgan fingerprint density at radius 3 is 2.61 bits per heavy atom. The summed E-state index contributed by atoms with van der Waals surface area (Å²) in [5, 5.41) is 8.04. The van der Waals surface area contributed by atoms with Crippen molar-refractivity contribution in [2.45, 2.75) is 12.8 Å². The Morgan fingerprint density at radius 1 is 1.14 bits per heavy atom. The summed E-state index contributed by atoms with van der Waals surface area (Å²) in [6.45, 7) is 2.75. The smallest absolute Gasteiger partial charge is 0.444 e. The summed E-state index contributed by atoms with van der Waals surface area (Å²) < 4.78 is 17.5. The van der Waals surface area contributed by atoms with Crippen LogP contribution in [0.4, 0.5) is 0 Å². The van der Waals surface area contributed by atoms with Gasteiger partial charge in [-0.2, -0.15) is 4.68 Å². The Labute approximate surface area is 166 Å². The summed E-state index contributed by atoms with van der Waals surface area (Å²) in [5.41, 5.74) is 0.561. The van der Waals surface area contributed by atoms with Gasteiger partial charge in [0.05, 0.1) is 12.3 Å². The standard InChI is InChI=1S/C20H20ClN3O4/c21-15-3-7-18(8-4-15)27-19-23-24(20(25)28-19)16-5-9-17(10-6-16)26-13-14-2-1-11-22-12-14/h3-10,14,22H,1-2,11-13H2. The lowest BCUT2D eigenvalue weighted by Crippen LogP contribution is -2.33. The minimum absolute atomic E-state index is 0.141. The van der Waals surface area contributed by atoms with E-state index in [1.807, 2.05) is 12.1 Å². The summed E-state index contributed by atoms with van der Waals surface area (Å²) >= 11 is 5.84. The Bertz CT molecular complexity index is 960. The number of ether oxygens (including phenoxy) is 2. The zero-order chi connectivity index (χ0) is 19.3. The van der Waals surface area contributed by atoms with Crippen LogP contribution in [0.2, 0.25) is 5.02 Å². The molecule has 0 bridgehead atoms. The van der Waals surface area contributed by atoms with Gasteiger partial charge in [-0.15, -0.1) is 0 Å². The molecule has 0 aliphatic carbocycles. The molecule has 8 heteroatoms. The van der Waals surface area contributed by atoms with Crippen LogP contribution < -0.4 is 20.5 Å². The first-order chi connectivity index (χ1) is 13.7. The van der Waals surface area contributed by atoms with Gasteiger partial charge in [0.15, 0.2) is 0 Å². The second-order valence-corrected chi connectivity index (χ2v) is 7.06. The summed E-state index contributed by atoms with van der Waals surface area (Å²) in [6.07, 6.45) is 2.22. The molecule has 1 atom stereocenters. The van der Waals surface area contributed by atoms with Crippen LogP contribution in [-0.4, -0.2) is 29.5 Å². The fourth-order valence-corrected chi connectivity index (χ4v) is 3.16. The van der Waals surface area contributed by atoms with Crippen molar-refractivity contribution in [3.8, 4) is 23.3 Å². The maximum atomic E-state index is 12.1. The highest BCUT2D eigenvalue weighted by Crippen LogP contribution is 2.22. The molecule has 0 spiro atoms. The molecule has 4 rings (SSSR count). The number of nitrogens with one attached hydrogen (secondary N) is 1. The van der Waals surface area contributed by atoms with E-state index in [0.717, 1.165) is 23.5 Å². The average molecular weight is 402 g/mol. The van der Waals surface area contributed by atoms with Gasteiger partial charge in [-0.1, -0.05) is 16.7 Å². The highest BCUT2D eigenvalue weighted by atomic mass is 35.5. The van der Waals surface area contributed by atoms with Gasteiger partial charge in [0.2, 0.25) is 0 Å². The number of benzene rings is 2. The van der Waals surface area contributed by atoms with Gasteiger partial charge in [-0.05, 0) is 67.9 Å². The number of nitrogens with zero attached hydrogens (tertiary/aromatic N) is 2. The third-order valence-electron chi connectivity index (χ3n) is 4.51. The predicted molar refractivity (Wildman–Crippen MR) is 105 cm³/mol. The number of halogens is 1. The van der Waals surface area contributed by atoms with E-state index in [-0.39, 0.29) is 6.08 Å². The molecular formula is C20H20ClN3O4. The Hall–Kier alpha value is -2.77. The third-order valence-corrected chi connectivity index (χ3v) is 4.77. The second kappa shape index (κ2) is 8.50. The normalized spacial score (nSPS) is 16.7. The number of aromatic nitrogens is 2. The van der Waals surface area contributed by atoms with Crippen LogP contribution in [0.3, 0.4) is 0 Å². The van der Waals surface area contributed by atoms with Crippen LogP contribution in [-0.2, 0) is 0 Å². The summed E-state index contributed by atoms with van der Waals surface area (Å²) in [7, 11) is 0. The van der Waals surface area contributed by atoms with Gasteiger partial charge in [-0.3, -0.25) is 0 Å². The van der Waals surface area contributed by atoms with Crippen molar-refractivity contribution in [1.29, 1.82) is 0 Å². The highest BCUT2D eigenvalue weighted by molar-refractivity contribution is 6.30. The summed E-state index contributed by atoms with van der Waals surface area (Å²) in [4.78, 5) is 12.1. The first-order valence-electron chi connectivity index (χ1n) is 9.15. The fraction of sp³-hybridized carbons (Fsp3) is 0.300. The molecule has 1 saturated heterocycles. The number of hydrogen-bond donors (Lipinski definition) is 1. The average Bonchev–Trinajstić information content (AvgIpc) is 3.09. The SMILES string of the molecule is O=c1oc(Oc2ccc(Cl)cc2)nn1-c1ccc(OCC2CCCNC2)cc1. The van der Waals surface area contributed by atoms with Crippen LogP contribution in [0, 0.1) is 5.92 Å². The van der Waals surface area contributed by atoms with Crippen LogP contribution in [0.25, 0.3) is 5.69 Å². The molecule has 1 unspecified atom stereocenters. The van der Waals surface area contributed by atoms with Gasteiger partial charge in [0.1, 0.15) is 11.5 Å². The van der Waals surface area contributed by atoms with E-state index in [2.05, 4.69) is 10.4 Å². The molecule has 1 fully saturated rings. The van der Waals surface area contributed by atoms with Gasteiger partial charge < -0.3 is 19.2 Å². The molecule has 0 amide bonds. The largest absolute Gasteiger partial charge is 0.493 e. The van der Waals surface area contributed by atoms with E-state index in [0.29, 0.717) is 29.0 Å². The van der Waals surface area contributed by atoms with Crippen LogP contribution in [0.15, 0.2) is 57.7 Å². The minimum Gasteiger partial charge on any atom is -0.493 e. The second-order valence-electron chi connectivity index (χ2n) is 6.62. The highest BCUT2D eigenvalue weighted by Gasteiger charge is 2.14. The maximum absolute atomic E-state index is 12.1. The monoisotopic (exact) mass is 401 g/mol. The van der Waals surface area contributed by atoms with E-state index in [1.54, 1.807) is 36.4 Å². The zero-order valence-electron chi connectivity index (χ0n) is 15.1. The van der Waals surface area contributed by atoms with Crippen molar-refractivity contribution in [2.24, 2.45) is 5.92 Å². The zero-order valence-corrected chi connectivity index (χ0v) is 15.9. The van der Waals surface area contributed by atoms with Gasteiger partial charge in [0, 0.05) is 17.5 Å². The molecule has 1 aliphatic heterocycles. The Balaban J connectivity index is 1.41. The third kappa shape index (κ3) is 4.55. The first kappa shape index (κ1) is 18.6. The van der Waals surface area contributed by atoms with E-state index >= 15 is 0 Å². The van der Waals surface area contributed by atoms with Crippen molar-refractivity contribution < 1.29 is 13.9 Å². The van der Waals surface area contributed by atoms with E-state index in [1.165, 1.54) is 12.8 Å². The molecule has 146 valence electrons. The lowest BCUT2D eigenvalue weighted by Gasteiger charge is -2.22. The molecule has 3 aromatic rings. The van der Waals surface area contributed by atoms with Gasteiger partial charge >= 0.3 is 11.8 Å². The summed E-state index contributed by atoms with van der Waals surface area (Å²) in [6, 6.07) is 13.8. The van der Waals surface area contributed by atoms with Crippen molar-refractivity contribution in [1.82, 2.24) is 15.1 Å². The lowest BCUT2D eigenvalue weighted by molar-refractivity contribution is 0.218. The van der Waals surface area contributed by atoms with Crippen LogP contribution in [0.5, 0.6) is 17.6 Å². The minimum atomic E-state index is -0.633. The van der Waals surface area contributed by atoms with E-state index in [4.69, 9.17) is 25.5 Å². The molecule has 0 saturated carbocycles. The van der Waals surface area contributed by atoms with Gasteiger partial charge in [0.25, 0.3) is 0 Å². The molecule has 1 aromatic heterocycles. The van der Waals surface area contributed by atoms with Crippen LogP contribution >= 0.6 is 11.6 Å². The molecule has 28 heavy (non-hydrogen) atoms. The van der Waals surface area contributed by atoms with Gasteiger partial charge in [-0.25, -0.2) is 4.79 Å².